The Morgan fingerprint density at radius 1 is 1.11 bits per heavy atom. The van der Waals surface area contributed by atoms with Gasteiger partial charge in [-0.2, -0.15) is 0 Å². The predicted molar refractivity (Wildman–Crippen MR) is 75.3 cm³/mol. The summed E-state index contributed by atoms with van der Waals surface area (Å²) >= 11 is 0. The lowest BCUT2D eigenvalue weighted by atomic mass is 10.0. The van der Waals surface area contributed by atoms with Crippen molar-refractivity contribution in [1.29, 1.82) is 0 Å². The summed E-state index contributed by atoms with van der Waals surface area (Å²) in [5, 5.41) is 3.50. The number of benzene rings is 1. The molecule has 3 heteroatoms. The Bertz CT molecular complexity index is 524. The van der Waals surface area contributed by atoms with E-state index >= 15 is 0 Å². The van der Waals surface area contributed by atoms with Gasteiger partial charge >= 0.3 is 0 Å². The Hall–Kier alpha value is -1.74. The van der Waals surface area contributed by atoms with Crippen LogP contribution in [-0.4, -0.2) is 13.7 Å². The largest absolute Gasteiger partial charge is 0.497 e. The number of piperidine rings is 1. The monoisotopic (exact) mass is 257 g/mol. The van der Waals surface area contributed by atoms with Gasteiger partial charge in [0, 0.05) is 5.56 Å². The van der Waals surface area contributed by atoms with Crippen LogP contribution < -0.4 is 10.1 Å². The summed E-state index contributed by atoms with van der Waals surface area (Å²) in [5.74, 6) is 2.83. The van der Waals surface area contributed by atoms with Crippen LogP contribution in [0.25, 0.3) is 11.3 Å². The number of ether oxygens (including phenoxy) is 1. The summed E-state index contributed by atoms with van der Waals surface area (Å²) in [6, 6.07) is 12.5. The number of rotatable bonds is 3. The third-order valence-corrected chi connectivity index (χ3v) is 3.66. The molecule has 1 fully saturated rings. The van der Waals surface area contributed by atoms with E-state index in [0.717, 1.165) is 35.8 Å². The molecule has 2 aromatic rings. The summed E-state index contributed by atoms with van der Waals surface area (Å²) in [4.78, 5) is 0. The molecule has 100 valence electrons. The molecular formula is C16H19NO2. The maximum absolute atomic E-state index is 5.98. The van der Waals surface area contributed by atoms with Gasteiger partial charge in [-0.3, -0.25) is 0 Å². The molecule has 0 amide bonds. The van der Waals surface area contributed by atoms with Crippen molar-refractivity contribution in [2.45, 2.75) is 25.3 Å². The summed E-state index contributed by atoms with van der Waals surface area (Å²) in [6.45, 7) is 1.09. The highest BCUT2D eigenvalue weighted by Gasteiger charge is 2.18. The summed E-state index contributed by atoms with van der Waals surface area (Å²) in [7, 11) is 1.68. The van der Waals surface area contributed by atoms with E-state index in [1.54, 1.807) is 7.11 Å². The van der Waals surface area contributed by atoms with Gasteiger partial charge in [0.05, 0.1) is 13.2 Å². The van der Waals surface area contributed by atoms with Crippen molar-refractivity contribution >= 4 is 0 Å². The number of hydrogen-bond donors (Lipinski definition) is 1. The standard InChI is InChI=1S/C16H19NO2/c1-18-13-7-5-12(6-8-13)15-9-10-16(19-15)14-4-2-3-11-17-14/h5-10,14,17H,2-4,11H2,1H3/t14-/m1/s1. The molecule has 1 aliphatic heterocycles. The van der Waals surface area contributed by atoms with Crippen molar-refractivity contribution in [3.8, 4) is 17.1 Å². The highest BCUT2D eigenvalue weighted by atomic mass is 16.5. The lowest BCUT2D eigenvalue weighted by Crippen LogP contribution is -2.26. The highest BCUT2D eigenvalue weighted by molar-refractivity contribution is 5.58. The molecule has 3 rings (SSSR count). The van der Waals surface area contributed by atoms with Gasteiger partial charge in [-0.1, -0.05) is 6.42 Å². The fraction of sp³-hybridized carbons (Fsp3) is 0.375. The van der Waals surface area contributed by atoms with Crippen molar-refractivity contribution in [2.24, 2.45) is 0 Å². The zero-order valence-electron chi connectivity index (χ0n) is 11.2. The van der Waals surface area contributed by atoms with E-state index < -0.39 is 0 Å². The Balaban J connectivity index is 1.79. The Morgan fingerprint density at radius 2 is 1.95 bits per heavy atom. The van der Waals surface area contributed by atoms with Crippen molar-refractivity contribution in [1.82, 2.24) is 5.32 Å². The van der Waals surface area contributed by atoms with Crippen molar-refractivity contribution in [3.63, 3.8) is 0 Å². The fourth-order valence-corrected chi connectivity index (χ4v) is 2.55. The average molecular weight is 257 g/mol. The van der Waals surface area contributed by atoms with Gasteiger partial charge < -0.3 is 14.5 Å². The molecule has 0 radical (unpaired) electrons. The quantitative estimate of drug-likeness (QED) is 0.909. The second-order valence-corrected chi connectivity index (χ2v) is 4.93. The van der Waals surface area contributed by atoms with Crippen molar-refractivity contribution in [3.05, 3.63) is 42.2 Å². The van der Waals surface area contributed by atoms with Crippen molar-refractivity contribution in [2.75, 3.05) is 13.7 Å². The molecule has 1 atom stereocenters. The van der Waals surface area contributed by atoms with E-state index in [-0.39, 0.29) is 0 Å². The van der Waals surface area contributed by atoms with Crippen molar-refractivity contribution < 1.29 is 9.15 Å². The maximum atomic E-state index is 5.98. The van der Waals surface area contributed by atoms with Gasteiger partial charge in [-0.25, -0.2) is 0 Å². The van der Waals surface area contributed by atoms with Crippen LogP contribution in [0.15, 0.2) is 40.8 Å². The van der Waals surface area contributed by atoms with Crippen LogP contribution in [0.3, 0.4) is 0 Å². The summed E-state index contributed by atoms with van der Waals surface area (Å²) < 4.78 is 11.1. The van der Waals surface area contributed by atoms with Gasteiger partial charge in [-0.15, -0.1) is 0 Å². The third kappa shape index (κ3) is 2.66. The predicted octanol–water partition coefficient (Wildman–Crippen LogP) is 3.77. The van der Waals surface area contributed by atoms with Gasteiger partial charge in [0.15, 0.2) is 0 Å². The number of furan rings is 1. The zero-order valence-corrected chi connectivity index (χ0v) is 11.2. The second kappa shape index (κ2) is 5.49. The molecule has 1 aromatic carbocycles. The molecule has 1 aromatic heterocycles. The highest BCUT2D eigenvalue weighted by Crippen LogP contribution is 2.29. The number of methoxy groups -OCH3 is 1. The first-order chi connectivity index (χ1) is 9.36. The van der Waals surface area contributed by atoms with E-state index in [9.17, 15) is 0 Å². The molecule has 0 unspecified atom stereocenters. The SMILES string of the molecule is COc1ccc(-c2ccc([C@H]3CCCCN3)o2)cc1. The molecule has 1 aliphatic rings. The molecule has 3 nitrogen and oxygen atoms in total. The van der Waals surface area contributed by atoms with Crippen LogP contribution in [0.4, 0.5) is 0 Å². The zero-order chi connectivity index (χ0) is 13.1. The van der Waals surface area contributed by atoms with E-state index in [0.29, 0.717) is 6.04 Å². The maximum Gasteiger partial charge on any atom is 0.134 e. The van der Waals surface area contributed by atoms with Crippen LogP contribution in [0.1, 0.15) is 31.1 Å². The second-order valence-electron chi connectivity index (χ2n) is 4.93. The Kier molecular flexibility index (Phi) is 3.56. The van der Waals surface area contributed by atoms with Gasteiger partial charge in [0.1, 0.15) is 17.3 Å². The first kappa shape index (κ1) is 12.3. The fourth-order valence-electron chi connectivity index (χ4n) is 2.55. The Labute approximate surface area is 113 Å². The normalized spacial score (nSPS) is 19.3. The number of nitrogens with one attached hydrogen (secondary N) is 1. The molecule has 2 heterocycles. The first-order valence-corrected chi connectivity index (χ1v) is 6.84. The minimum atomic E-state index is 0.376. The minimum Gasteiger partial charge on any atom is -0.497 e. The van der Waals surface area contributed by atoms with Gasteiger partial charge in [0.25, 0.3) is 0 Å². The first-order valence-electron chi connectivity index (χ1n) is 6.84. The van der Waals surface area contributed by atoms with E-state index in [2.05, 4.69) is 11.4 Å². The Morgan fingerprint density at radius 3 is 2.63 bits per heavy atom. The minimum absolute atomic E-state index is 0.376. The molecule has 1 N–H and O–H groups in total. The van der Waals surface area contributed by atoms with E-state index in [4.69, 9.17) is 9.15 Å². The molecule has 0 spiro atoms. The lowest BCUT2D eigenvalue weighted by molar-refractivity contribution is 0.353. The van der Waals surface area contributed by atoms with Crippen LogP contribution in [-0.2, 0) is 0 Å². The van der Waals surface area contributed by atoms with Crippen LogP contribution in [0.5, 0.6) is 5.75 Å². The lowest BCUT2D eigenvalue weighted by Gasteiger charge is -2.21. The van der Waals surface area contributed by atoms with E-state index in [1.807, 2.05) is 30.3 Å². The molecule has 0 aliphatic carbocycles. The molecule has 0 bridgehead atoms. The molecule has 19 heavy (non-hydrogen) atoms. The summed E-state index contributed by atoms with van der Waals surface area (Å²) in [5.41, 5.74) is 1.09. The van der Waals surface area contributed by atoms with Crippen LogP contribution in [0, 0.1) is 0 Å². The molecular weight excluding hydrogens is 238 g/mol. The summed E-state index contributed by atoms with van der Waals surface area (Å²) in [6.07, 6.45) is 3.70. The van der Waals surface area contributed by atoms with Gasteiger partial charge in [-0.05, 0) is 55.8 Å². The van der Waals surface area contributed by atoms with Crippen LogP contribution >= 0.6 is 0 Å². The smallest absolute Gasteiger partial charge is 0.134 e. The molecule has 1 saturated heterocycles. The van der Waals surface area contributed by atoms with Crippen LogP contribution in [0.2, 0.25) is 0 Å². The number of hydrogen-bond acceptors (Lipinski definition) is 3. The van der Waals surface area contributed by atoms with E-state index in [1.165, 1.54) is 12.8 Å². The average Bonchev–Trinajstić information content (AvgIpc) is 2.98. The topological polar surface area (TPSA) is 34.4 Å². The van der Waals surface area contributed by atoms with Gasteiger partial charge in [0.2, 0.25) is 0 Å². The molecule has 0 saturated carbocycles. The third-order valence-electron chi connectivity index (χ3n) is 3.66.